The molecule has 2 aromatic carbocycles. The van der Waals surface area contributed by atoms with E-state index in [4.69, 9.17) is 5.26 Å². The van der Waals surface area contributed by atoms with Gasteiger partial charge in [-0.15, -0.1) is 0 Å². The molecule has 6 rings (SSSR count). The van der Waals surface area contributed by atoms with Crippen LogP contribution in [-0.4, -0.2) is 56.4 Å². The summed E-state index contributed by atoms with van der Waals surface area (Å²) in [6.45, 7) is 12.3. The van der Waals surface area contributed by atoms with E-state index in [0.29, 0.717) is 23.8 Å². The summed E-state index contributed by atoms with van der Waals surface area (Å²) in [5.41, 5.74) is 4.93. The van der Waals surface area contributed by atoms with Crippen LogP contribution >= 0.6 is 0 Å². The van der Waals surface area contributed by atoms with E-state index in [1.165, 1.54) is 82.4 Å². The molecule has 3 fully saturated rings. The Hall–Kier alpha value is -3.56. The van der Waals surface area contributed by atoms with Gasteiger partial charge in [0.05, 0.1) is 17.5 Å². The van der Waals surface area contributed by atoms with E-state index < -0.39 is 0 Å². The zero-order valence-electron chi connectivity index (χ0n) is 28.1. The number of nitrogens with zero attached hydrogens (tertiary/aromatic N) is 4. The summed E-state index contributed by atoms with van der Waals surface area (Å²) in [7, 11) is 1.98. The summed E-state index contributed by atoms with van der Waals surface area (Å²) in [6, 6.07) is 22.4. The number of rotatable bonds is 12. The second-order valence-electron chi connectivity index (χ2n) is 14.5. The lowest BCUT2D eigenvalue weighted by Crippen LogP contribution is -2.55. The lowest BCUT2D eigenvalue weighted by molar-refractivity contribution is 0.0588. The van der Waals surface area contributed by atoms with Crippen LogP contribution in [0.1, 0.15) is 75.8 Å². The van der Waals surface area contributed by atoms with Gasteiger partial charge < -0.3 is 20.4 Å². The number of anilines is 1. The van der Waals surface area contributed by atoms with Crippen molar-refractivity contribution in [1.29, 1.82) is 5.26 Å². The second-order valence-corrected chi connectivity index (χ2v) is 14.5. The van der Waals surface area contributed by atoms with Crippen molar-refractivity contribution in [3.8, 4) is 6.07 Å². The minimum absolute atomic E-state index is 0.133. The predicted molar refractivity (Wildman–Crippen MR) is 191 cm³/mol. The highest BCUT2D eigenvalue weighted by molar-refractivity contribution is 5.82. The molecule has 4 atom stereocenters. The number of likely N-dealkylation sites (tertiary alicyclic amines) is 1. The zero-order valence-corrected chi connectivity index (χ0v) is 28.1. The maximum Gasteiger partial charge on any atom is 0.0991 e. The van der Waals surface area contributed by atoms with Crippen molar-refractivity contribution in [3.63, 3.8) is 0 Å². The Kier molecular flexibility index (Phi) is 10.5. The molecule has 3 heterocycles. The van der Waals surface area contributed by atoms with Gasteiger partial charge in [0.1, 0.15) is 0 Å². The predicted octanol–water partition coefficient (Wildman–Crippen LogP) is 7.26. The Morgan fingerprint density at radius 1 is 1.02 bits per heavy atom. The van der Waals surface area contributed by atoms with Crippen LogP contribution in [-0.2, 0) is 5.41 Å². The molecule has 2 N–H and O–H groups in total. The van der Waals surface area contributed by atoms with Crippen molar-refractivity contribution in [2.45, 2.75) is 76.2 Å². The first-order chi connectivity index (χ1) is 22.5. The first-order valence-corrected chi connectivity index (χ1v) is 17.8. The van der Waals surface area contributed by atoms with Crippen LogP contribution in [0.25, 0.3) is 0 Å². The molecule has 0 spiro atoms. The third-order valence-corrected chi connectivity index (χ3v) is 11.8. The first-order valence-electron chi connectivity index (χ1n) is 17.8. The maximum absolute atomic E-state index is 9.14. The molecule has 0 radical (unpaired) electrons. The van der Waals surface area contributed by atoms with Crippen molar-refractivity contribution in [3.05, 3.63) is 90.4 Å². The topological polar surface area (TPSA) is 66.7 Å². The molecular formula is C40H54N6. The molecule has 1 aliphatic carbocycles. The largest absolute Gasteiger partial charge is 0.375 e. The summed E-state index contributed by atoms with van der Waals surface area (Å²) in [5, 5.41) is 16.3. The number of hydrogen-bond acceptors (Lipinski definition) is 6. The van der Waals surface area contributed by atoms with Crippen molar-refractivity contribution in [1.82, 2.24) is 15.5 Å². The van der Waals surface area contributed by atoms with Crippen molar-refractivity contribution in [2.75, 3.05) is 44.7 Å². The second kappa shape index (κ2) is 14.9. The van der Waals surface area contributed by atoms with E-state index in [0.717, 1.165) is 36.8 Å². The Labute approximate surface area is 277 Å². The highest BCUT2D eigenvalue weighted by Gasteiger charge is 2.51. The molecule has 3 aliphatic heterocycles. The lowest BCUT2D eigenvalue weighted by Gasteiger charge is -2.52. The molecule has 4 aliphatic rings. The summed E-state index contributed by atoms with van der Waals surface area (Å²) in [6.07, 6.45) is 15.5. The fourth-order valence-electron chi connectivity index (χ4n) is 9.23. The Bertz CT molecular complexity index is 1390. The fourth-order valence-corrected chi connectivity index (χ4v) is 9.23. The van der Waals surface area contributed by atoms with Gasteiger partial charge in [0.25, 0.3) is 0 Å². The fraction of sp³-hybridized carbons (Fsp3) is 0.550. The SMILES string of the molecule is C=C(NC)N[C@H]1CCC[C@@H]1[C@](CCC1C=CN=C(C)CC1)(c1ccccc1)C1CCN(CC2CN(c3ccc(C#N)cc3)C2)CC1. The van der Waals surface area contributed by atoms with Gasteiger partial charge in [-0.1, -0.05) is 49.4 Å². The van der Waals surface area contributed by atoms with Gasteiger partial charge >= 0.3 is 0 Å². The Balaban J connectivity index is 1.18. The van der Waals surface area contributed by atoms with E-state index in [9.17, 15) is 0 Å². The molecule has 2 saturated heterocycles. The molecule has 46 heavy (non-hydrogen) atoms. The van der Waals surface area contributed by atoms with E-state index in [-0.39, 0.29) is 5.41 Å². The van der Waals surface area contributed by atoms with Crippen LogP contribution in [0.4, 0.5) is 5.69 Å². The van der Waals surface area contributed by atoms with Crippen LogP contribution < -0.4 is 15.5 Å². The third kappa shape index (κ3) is 7.20. The summed E-state index contributed by atoms with van der Waals surface area (Å²) >= 11 is 0. The number of piperidine rings is 1. The average Bonchev–Trinajstić information content (AvgIpc) is 3.43. The average molecular weight is 619 g/mol. The lowest BCUT2D eigenvalue weighted by atomic mass is 9.56. The molecule has 244 valence electrons. The van der Waals surface area contributed by atoms with Crippen LogP contribution in [0.5, 0.6) is 0 Å². The molecule has 6 heteroatoms. The van der Waals surface area contributed by atoms with Gasteiger partial charge in [0, 0.05) is 61.7 Å². The number of benzene rings is 2. The zero-order chi connectivity index (χ0) is 31.9. The molecule has 2 aromatic rings. The monoisotopic (exact) mass is 618 g/mol. The van der Waals surface area contributed by atoms with E-state index in [2.05, 4.69) is 99.7 Å². The van der Waals surface area contributed by atoms with E-state index in [1.807, 2.05) is 19.2 Å². The summed E-state index contributed by atoms with van der Waals surface area (Å²) < 4.78 is 0. The van der Waals surface area contributed by atoms with Gasteiger partial charge in [-0.05, 0) is 119 Å². The van der Waals surface area contributed by atoms with Gasteiger partial charge in [-0.3, -0.25) is 4.99 Å². The van der Waals surface area contributed by atoms with Gasteiger partial charge in [0.15, 0.2) is 0 Å². The minimum atomic E-state index is 0.133. The molecule has 1 saturated carbocycles. The van der Waals surface area contributed by atoms with Crippen LogP contribution in [0.15, 0.2) is 84.3 Å². The number of aliphatic imine (C=N–C) groups is 1. The van der Waals surface area contributed by atoms with Crippen LogP contribution in [0.3, 0.4) is 0 Å². The highest BCUT2D eigenvalue weighted by atomic mass is 15.2. The van der Waals surface area contributed by atoms with Gasteiger partial charge in [-0.25, -0.2) is 0 Å². The number of nitrogens with one attached hydrogen (secondary N) is 2. The van der Waals surface area contributed by atoms with Crippen LogP contribution in [0, 0.1) is 35.0 Å². The molecule has 6 nitrogen and oxygen atoms in total. The van der Waals surface area contributed by atoms with Gasteiger partial charge in [0.2, 0.25) is 0 Å². The molecule has 0 aromatic heterocycles. The van der Waals surface area contributed by atoms with Crippen LogP contribution in [0.2, 0.25) is 0 Å². The third-order valence-electron chi connectivity index (χ3n) is 11.8. The number of allylic oxidation sites excluding steroid dienone is 1. The summed E-state index contributed by atoms with van der Waals surface area (Å²) in [5.74, 6) is 3.49. The smallest absolute Gasteiger partial charge is 0.0991 e. The van der Waals surface area contributed by atoms with Crippen molar-refractivity contribution < 1.29 is 0 Å². The van der Waals surface area contributed by atoms with E-state index in [1.54, 1.807) is 5.56 Å². The highest BCUT2D eigenvalue weighted by Crippen LogP contribution is 2.54. The van der Waals surface area contributed by atoms with Crippen molar-refractivity contribution >= 4 is 11.4 Å². The van der Waals surface area contributed by atoms with Gasteiger partial charge in [-0.2, -0.15) is 5.26 Å². The van der Waals surface area contributed by atoms with E-state index >= 15 is 0 Å². The molecule has 1 unspecified atom stereocenters. The summed E-state index contributed by atoms with van der Waals surface area (Å²) in [4.78, 5) is 9.88. The Morgan fingerprint density at radius 2 is 1.78 bits per heavy atom. The first kappa shape index (κ1) is 32.4. The standard InChI is InChI=1S/C40H54N6/c1-30-12-13-32(19-23-43-30)18-22-40(35-8-5-4-6-9-35,38-10-7-11-39(38)44-31(2)42-3)36-20-24-45(25-21-36)27-34-28-46(29-34)37-16-14-33(26-41)15-17-37/h4-6,8-9,14-17,19,23,32,34,36,38-39,42,44H,2,7,10-13,18,20-22,24-25,27-29H2,1,3H3/t32?,38-,39-,40+/m0/s1. The maximum atomic E-state index is 9.14. The van der Waals surface area contributed by atoms with Crippen molar-refractivity contribution in [2.24, 2.45) is 28.7 Å². The minimum Gasteiger partial charge on any atom is -0.375 e. The normalized spacial score (nSPS) is 25.5. The molecule has 0 amide bonds. The number of nitriles is 1. The quantitative estimate of drug-likeness (QED) is 0.262. The molecule has 0 bridgehead atoms. The number of hydrogen-bond donors (Lipinski definition) is 2. The Morgan fingerprint density at radius 3 is 2.50 bits per heavy atom. The molecular weight excluding hydrogens is 564 g/mol.